The van der Waals surface area contributed by atoms with Crippen LogP contribution in [0.2, 0.25) is 0 Å². The number of hydrogen-bond acceptors (Lipinski definition) is 5. The molecule has 0 radical (unpaired) electrons. The number of amides is 2. The molecule has 2 amide bonds. The maximum absolute atomic E-state index is 15.4. The number of carbonyl (C=O) groups excluding carboxylic acids is 2. The fourth-order valence-electron chi connectivity index (χ4n) is 7.20. The Balaban J connectivity index is 1.35. The molecule has 9 nitrogen and oxygen atoms in total. The van der Waals surface area contributed by atoms with Gasteiger partial charge in [-0.15, -0.1) is 0 Å². The molecule has 4 atom stereocenters. The molecule has 1 saturated heterocycles. The molecule has 0 spiro atoms. The molecule has 1 aliphatic carbocycles. The maximum atomic E-state index is 15.4. The Hall–Kier alpha value is -4.67. The average molecular weight is 602 g/mol. The van der Waals surface area contributed by atoms with Gasteiger partial charge in [0.1, 0.15) is 11.7 Å². The predicted molar refractivity (Wildman–Crippen MR) is 158 cm³/mol. The summed E-state index contributed by atoms with van der Waals surface area (Å²) in [5.74, 6) is -4.90. The molecular weight excluding hydrogens is 568 g/mol. The van der Waals surface area contributed by atoms with Crippen molar-refractivity contribution in [3.63, 3.8) is 0 Å². The Kier molecular flexibility index (Phi) is 7.02. The normalized spacial score (nSPS) is 20.8. The van der Waals surface area contributed by atoms with E-state index in [4.69, 9.17) is 0 Å². The van der Waals surface area contributed by atoms with Gasteiger partial charge in [-0.2, -0.15) is 0 Å². The van der Waals surface area contributed by atoms with Gasteiger partial charge in [0.05, 0.1) is 18.7 Å². The molecule has 228 valence electrons. The van der Waals surface area contributed by atoms with Crippen LogP contribution in [0.15, 0.2) is 49.1 Å². The van der Waals surface area contributed by atoms with Gasteiger partial charge in [0.2, 0.25) is 5.91 Å². The molecule has 2 N–H and O–H groups in total. The van der Waals surface area contributed by atoms with Crippen LogP contribution in [-0.4, -0.2) is 54.7 Å². The number of likely N-dealkylation sites (tertiary alicyclic amines) is 1. The number of aryl methyl sites for hydroxylation is 3. The third-order valence-corrected chi connectivity index (χ3v) is 9.31. The minimum absolute atomic E-state index is 0.0452. The summed E-state index contributed by atoms with van der Waals surface area (Å²) in [6.45, 7) is 10.0. The van der Waals surface area contributed by atoms with Gasteiger partial charge in [0.15, 0.2) is 17.3 Å². The van der Waals surface area contributed by atoms with Gasteiger partial charge in [0, 0.05) is 30.7 Å². The summed E-state index contributed by atoms with van der Waals surface area (Å²) in [5.41, 5.74) is 3.90. The van der Waals surface area contributed by atoms with E-state index in [9.17, 15) is 19.5 Å². The van der Waals surface area contributed by atoms with E-state index in [0.717, 1.165) is 22.8 Å². The minimum atomic E-state index is -1.39. The van der Waals surface area contributed by atoms with E-state index in [1.54, 1.807) is 23.0 Å². The quantitative estimate of drug-likeness (QED) is 0.307. The summed E-state index contributed by atoms with van der Waals surface area (Å²) in [7, 11) is 0. The highest BCUT2D eigenvalue weighted by Gasteiger charge is 2.69. The largest absolute Gasteiger partial charge is 0.481 e. The Morgan fingerprint density at radius 1 is 1.11 bits per heavy atom. The first-order chi connectivity index (χ1) is 20.8. The van der Waals surface area contributed by atoms with Crippen molar-refractivity contribution in [3.05, 3.63) is 88.6 Å². The fraction of sp³-hybridized carbons (Fsp3) is 0.364. The van der Waals surface area contributed by atoms with Crippen LogP contribution in [0.3, 0.4) is 0 Å². The number of benzene rings is 2. The van der Waals surface area contributed by atoms with Crippen molar-refractivity contribution >= 4 is 23.4 Å². The molecular formula is C33H33F2N5O4. The van der Waals surface area contributed by atoms with Crippen molar-refractivity contribution in [2.24, 2.45) is 17.3 Å². The molecule has 6 rings (SSSR count). The monoisotopic (exact) mass is 601 g/mol. The summed E-state index contributed by atoms with van der Waals surface area (Å²) in [5, 5.41) is 12.4. The number of carboxylic acids is 1. The van der Waals surface area contributed by atoms with Crippen LogP contribution in [0.1, 0.15) is 59.1 Å². The lowest BCUT2D eigenvalue weighted by atomic mass is 9.90. The van der Waals surface area contributed by atoms with Gasteiger partial charge in [-0.3, -0.25) is 19.4 Å². The Bertz CT molecular complexity index is 1800. The van der Waals surface area contributed by atoms with E-state index in [-0.39, 0.29) is 28.5 Å². The molecule has 2 aliphatic rings. The van der Waals surface area contributed by atoms with Crippen LogP contribution in [0, 0.1) is 49.7 Å². The lowest BCUT2D eigenvalue weighted by Crippen LogP contribution is -2.50. The Morgan fingerprint density at radius 2 is 1.82 bits per heavy atom. The molecule has 3 heterocycles. The van der Waals surface area contributed by atoms with E-state index >= 15 is 8.78 Å². The van der Waals surface area contributed by atoms with Crippen LogP contribution >= 0.6 is 0 Å². The first-order valence-corrected chi connectivity index (χ1v) is 14.5. The smallest absolute Gasteiger partial charge is 0.305 e. The van der Waals surface area contributed by atoms with Gasteiger partial charge in [-0.1, -0.05) is 31.5 Å². The second kappa shape index (κ2) is 10.5. The first kappa shape index (κ1) is 29.4. The van der Waals surface area contributed by atoms with Crippen molar-refractivity contribution in [2.75, 3.05) is 6.54 Å². The van der Waals surface area contributed by atoms with E-state index in [2.05, 4.69) is 15.3 Å². The highest BCUT2D eigenvalue weighted by Crippen LogP contribution is 2.65. The van der Waals surface area contributed by atoms with Gasteiger partial charge in [0.25, 0.3) is 5.91 Å². The third kappa shape index (κ3) is 4.89. The van der Waals surface area contributed by atoms with E-state index in [1.807, 2.05) is 46.8 Å². The highest BCUT2D eigenvalue weighted by molar-refractivity contribution is 5.98. The number of carboxylic acid groups (broad SMARTS) is 1. The molecule has 4 aromatic rings. The van der Waals surface area contributed by atoms with E-state index < -0.39 is 47.9 Å². The van der Waals surface area contributed by atoms with Crippen LogP contribution in [-0.2, 0) is 9.59 Å². The topological polar surface area (TPSA) is 117 Å². The second-order valence-electron chi connectivity index (χ2n) is 12.6. The van der Waals surface area contributed by atoms with Crippen molar-refractivity contribution in [1.29, 1.82) is 0 Å². The summed E-state index contributed by atoms with van der Waals surface area (Å²) < 4.78 is 32.2. The molecule has 1 aliphatic heterocycles. The molecule has 0 bridgehead atoms. The van der Waals surface area contributed by atoms with Crippen molar-refractivity contribution < 1.29 is 28.3 Å². The second-order valence-corrected chi connectivity index (χ2v) is 12.6. The summed E-state index contributed by atoms with van der Waals surface area (Å²) in [4.78, 5) is 49.5. The number of hydrogen-bond donors (Lipinski definition) is 2. The number of rotatable bonds is 7. The zero-order valence-corrected chi connectivity index (χ0v) is 25.1. The van der Waals surface area contributed by atoms with E-state index in [1.165, 1.54) is 17.2 Å². The van der Waals surface area contributed by atoms with Crippen molar-refractivity contribution in [3.8, 4) is 11.1 Å². The number of aliphatic carboxylic acids is 1. The molecule has 2 aromatic carbocycles. The van der Waals surface area contributed by atoms with Crippen LogP contribution in [0.25, 0.3) is 16.8 Å². The molecule has 2 fully saturated rings. The standard InChI is InChI=1S/C33H33F2N5O4/c1-16-8-17(2)27(18(3)9-16)19-10-20(29(35)22(34)11-19)23(12-26(41)42)38-31(43)30-28-21(33(28,4)5)14-40(30)32(44)24-15-39-7-6-36-13-25(39)37-24/h6-11,13,15,21,23,28,30H,12,14H2,1-5H3,(H,38,43)(H,41,42)/t21-,23-,28-,30-/m0/s1. The fourth-order valence-corrected chi connectivity index (χ4v) is 7.20. The van der Waals surface area contributed by atoms with Gasteiger partial charge in [-0.25, -0.2) is 13.8 Å². The predicted octanol–water partition coefficient (Wildman–Crippen LogP) is 5.03. The molecule has 11 heteroatoms. The van der Waals surface area contributed by atoms with Crippen LogP contribution in [0.4, 0.5) is 8.78 Å². The number of nitrogens with one attached hydrogen (secondary N) is 1. The van der Waals surface area contributed by atoms with Gasteiger partial charge in [-0.05, 0) is 72.4 Å². The summed E-state index contributed by atoms with van der Waals surface area (Å²) >= 11 is 0. The summed E-state index contributed by atoms with van der Waals surface area (Å²) in [6, 6.07) is 4.02. The minimum Gasteiger partial charge on any atom is -0.481 e. The number of aromatic nitrogens is 3. The third-order valence-electron chi connectivity index (χ3n) is 9.31. The lowest BCUT2D eigenvalue weighted by molar-refractivity contribution is -0.138. The molecule has 44 heavy (non-hydrogen) atoms. The number of halogens is 2. The number of carbonyl (C=O) groups is 3. The average Bonchev–Trinajstić information content (AvgIpc) is 3.32. The molecule has 0 unspecified atom stereocenters. The Morgan fingerprint density at radius 3 is 2.48 bits per heavy atom. The SMILES string of the molecule is Cc1cc(C)c(-c2cc(F)c(F)c([C@H](CC(=O)O)NC(=O)[C@@H]3[C@@H]4[C@H](CN3C(=O)c3cn5ccncc5n3)C4(C)C)c2)c(C)c1. The van der Waals surface area contributed by atoms with Crippen LogP contribution < -0.4 is 5.32 Å². The summed E-state index contributed by atoms with van der Waals surface area (Å²) in [6.07, 6.45) is 5.62. The zero-order chi connectivity index (χ0) is 31.7. The maximum Gasteiger partial charge on any atom is 0.305 e. The number of nitrogens with zero attached hydrogens (tertiary/aromatic N) is 4. The van der Waals surface area contributed by atoms with E-state index in [0.29, 0.717) is 23.3 Å². The number of fused-ring (bicyclic) bond motifs is 2. The van der Waals surface area contributed by atoms with Crippen molar-refractivity contribution in [2.45, 2.75) is 53.1 Å². The number of piperidine rings is 1. The van der Waals surface area contributed by atoms with Gasteiger partial charge >= 0.3 is 5.97 Å². The zero-order valence-electron chi connectivity index (χ0n) is 25.1. The molecule has 1 saturated carbocycles. The number of imidazole rings is 1. The highest BCUT2D eigenvalue weighted by atomic mass is 19.2. The van der Waals surface area contributed by atoms with Crippen LogP contribution in [0.5, 0.6) is 0 Å². The van der Waals surface area contributed by atoms with Crippen molar-refractivity contribution in [1.82, 2.24) is 24.6 Å². The lowest BCUT2D eigenvalue weighted by Gasteiger charge is -2.31. The molecule has 2 aromatic heterocycles. The first-order valence-electron chi connectivity index (χ1n) is 14.5. The van der Waals surface area contributed by atoms with Gasteiger partial charge < -0.3 is 19.7 Å². The Labute approximate surface area is 252 Å².